The molecule has 9 heteroatoms. The second-order valence-electron chi connectivity index (χ2n) is 5.31. The lowest BCUT2D eigenvalue weighted by Crippen LogP contribution is -2.37. The third-order valence-corrected chi connectivity index (χ3v) is 4.41. The molecule has 0 amide bonds. The van der Waals surface area contributed by atoms with Crippen LogP contribution >= 0.6 is 47.2 Å². The number of aromatic nitrogens is 3. The van der Waals surface area contributed by atoms with E-state index < -0.39 is 0 Å². The summed E-state index contributed by atoms with van der Waals surface area (Å²) in [5.41, 5.74) is 2.24. The first kappa shape index (κ1) is 21.1. The number of aryl methyl sites for hydroxylation is 2. The van der Waals surface area contributed by atoms with E-state index in [0.717, 1.165) is 31.0 Å². The molecule has 0 aliphatic carbocycles. The average Bonchev–Trinajstić information content (AvgIpc) is 3.05. The minimum absolute atomic E-state index is 0. The van der Waals surface area contributed by atoms with Gasteiger partial charge >= 0.3 is 0 Å². The van der Waals surface area contributed by atoms with Crippen molar-refractivity contribution < 1.29 is 0 Å². The molecule has 0 saturated carbocycles. The van der Waals surface area contributed by atoms with E-state index in [1.807, 2.05) is 41.8 Å². The highest BCUT2D eigenvalue weighted by molar-refractivity contribution is 14.0. The van der Waals surface area contributed by atoms with Crippen molar-refractivity contribution >= 4 is 53.1 Å². The molecule has 0 bridgehead atoms. The van der Waals surface area contributed by atoms with Crippen LogP contribution in [0.15, 0.2) is 23.5 Å². The predicted octanol–water partition coefficient (Wildman–Crippen LogP) is 2.98. The van der Waals surface area contributed by atoms with Crippen LogP contribution in [0.5, 0.6) is 0 Å². The first-order chi connectivity index (χ1) is 11.0. The second kappa shape index (κ2) is 10.1. The van der Waals surface area contributed by atoms with Crippen LogP contribution < -0.4 is 10.6 Å². The monoisotopic (exact) mass is 484 g/mol. The SMILES string of the molecule is CN=C(NCCCc1cnn(C)c1)NCc1cc(Cl)c(Cl)n1C.I. The fourth-order valence-corrected chi connectivity index (χ4v) is 2.67. The van der Waals surface area contributed by atoms with Gasteiger partial charge in [0, 0.05) is 39.6 Å². The van der Waals surface area contributed by atoms with Crippen molar-refractivity contribution in [2.75, 3.05) is 13.6 Å². The molecule has 0 spiro atoms. The van der Waals surface area contributed by atoms with Crippen LogP contribution in [0.25, 0.3) is 0 Å². The Morgan fingerprint density at radius 3 is 2.58 bits per heavy atom. The maximum atomic E-state index is 6.06. The van der Waals surface area contributed by atoms with Gasteiger partial charge < -0.3 is 15.2 Å². The molecule has 0 unspecified atom stereocenters. The Morgan fingerprint density at radius 2 is 2.04 bits per heavy atom. The van der Waals surface area contributed by atoms with Gasteiger partial charge in [0.15, 0.2) is 5.96 Å². The summed E-state index contributed by atoms with van der Waals surface area (Å²) in [6, 6.07) is 1.85. The van der Waals surface area contributed by atoms with Gasteiger partial charge in [0.05, 0.1) is 17.8 Å². The highest BCUT2D eigenvalue weighted by Gasteiger charge is 2.09. The highest BCUT2D eigenvalue weighted by Crippen LogP contribution is 2.24. The third-order valence-electron chi connectivity index (χ3n) is 3.57. The normalized spacial score (nSPS) is 11.3. The first-order valence-electron chi connectivity index (χ1n) is 7.43. The maximum Gasteiger partial charge on any atom is 0.191 e. The predicted molar refractivity (Wildman–Crippen MR) is 111 cm³/mol. The van der Waals surface area contributed by atoms with Gasteiger partial charge in [-0.1, -0.05) is 23.2 Å². The fourth-order valence-electron chi connectivity index (χ4n) is 2.25. The molecule has 2 rings (SSSR count). The lowest BCUT2D eigenvalue weighted by molar-refractivity contribution is 0.722. The van der Waals surface area contributed by atoms with Gasteiger partial charge in [-0.25, -0.2) is 0 Å². The van der Waals surface area contributed by atoms with Gasteiger partial charge in [-0.05, 0) is 24.5 Å². The molecule has 0 fully saturated rings. The summed E-state index contributed by atoms with van der Waals surface area (Å²) in [5, 5.41) is 11.8. The van der Waals surface area contributed by atoms with Crippen LogP contribution in [-0.2, 0) is 27.1 Å². The van der Waals surface area contributed by atoms with E-state index in [9.17, 15) is 0 Å². The molecular formula is C15H23Cl2IN6. The van der Waals surface area contributed by atoms with E-state index >= 15 is 0 Å². The molecule has 2 heterocycles. The van der Waals surface area contributed by atoms with Crippen LogP contribution in [0.1, 0.15) is 17.7 Å². The average molecular weight is 485 g/mol. The van der Waals surface area contributed by atoms with Crippen LogP contribution in [0.2, 0.25) is 10.2 Å². The molecule has 24 heavy (non-hydrogen) atoms. The van der Waals surface area contributed by atoms with Crippen molar-refractivity contribution in [3.05, 3.63) is 39.9 Å². The molecule has 0 aliphatic heterocycles. The van der Waals surface area contributed by atoms with E-state index in [1.54, 1.807) is 7.05 Å². The zero-order valence-corrected chi connectivity index (χ0v) is 17.9. The Balaban J connectivity index is 0.00000288. The number of nitrogens with one attached hydrogen (secondary N) is 2. The quantitative estimate of drug-likeness (QED) is 0.287. The molecule has 2 aromatic heterocycles. The van der Waals surface area contributed by atoms with Crippen LogP contribution in [0.3, 0.4) is 0 Å². The van der Waals surface area contributed by atoms with E-state index in [-0.39, 0.29) is 24.0 Å². The van der Waals surface area contributed by atoms with E-state index in [1.165, 1.54) is 5.56 Å². The van der Waals surface area contributed by atoms with Gasteiger partial charge in [0.1, 0.15) is 5.15 Å². The Bertz CT molecular complexity index is 680. The molecule has 6 nitrogen and oxygen atoms in total. The lowest BCUT2D eigenvalue weighted by atomic mass is 10.2. The van der Waals surface area contributed by atoms with E-state index in [4.69, 9.17) is 23.2 Å². The number of nitrogens with zero attached hydrogens (tertiary/aromatic N) is 4. The minimum Gasteiger partial charge on any atom is -0.356 e. The summed E-state index contributed by atoms with van der Waals surface area (Å²) in [6.07, 6.45) is 5.93. The molecule has 0 aliphatic rings. The number of aliphatic imine (C=N–C) groups is 1. The van der Waals surface area contributed by atoms with Gasteiger partial charge in [0.2, 0.25) is 0 Å². The highest BCUT2D eigenvalue weighted by atomic mass is 127. The van der Waals surface area contributed by atoms with E-state index in [2.05, 4.69) is 20.7 Å². The summed E-state index contributed by atoms with van der Waals surface area (Å²) < 4.78 is 3.67. The molecule has 0 saturated heterocycles. The van der Waals surface area contributed by atoms with Crippen molar-refractivity contribution in [3.63, 3.8) is 0 Å². The molecule has 0 aromatic carbocycles. The standard InChI is InChI=1S/C15H22Cl2N6.HI/c1-18-15(19-6-4-5-11-8-21-22(2)10-11)20-9-12-7-13(16)14(17)23(12)3;/h7-8,10H,4-6,9H2,1-3H3,(H2,18,19,20);1H. The van der Waals surface area contributed by atoms with Gasteiger partial charge in [-0.2, -0.15) is 5.10 Å². The minimum atomic E-state index is 0. The number of hydrogen-bond acceptors (Lipinski definition) is 2. The van der Waals surface area contributed by atoms with Gasteiger partial charge in [-0.3, -0.25) is 9.67 Å². The molecule has 0 atom stereocenters. The Labute approximate surface area is 169 Å². The van der Waals surface area contributed by atoms with Crippen LogP contribution in [0, 0.1) is 0 Å². The third kappa shape index (κ3) is 5.86. The number of rotatable bonds is 6. The molecule has 0 radical (unpaired) electrons. The summed E-state index contributed by atoms with van der Waals surface area (Å²) in [7, 11) is 5.56. The maximum absolute atomic E-state index is 6.06. The van der Waals surface area contributed by atoms with E-state index in [0.29, 0.717) is 16.7 Å². The first-order valence-corrected chi connectivity index (χ1v) is 8.18. The van der Waals surface area contributed by atoms with Crippen molar-refractivity contribution in [2.45, 2.75) is 19.4 Å². The zero-order valence-electron chi connectivity index (χ0n) is 14.0. The number of hydrogen-bond donors (Lipinski definition) is 2. The Morgan fingerprint density at radius 1 is 1.29 bits per heavy atom. The topological polar surface area (TPSA) is 59.2 Å². The van der Waals surface area contributed by atoms with Gasteiger partial charge in [0.25, 0.3) is 0 Å². The molecule has 134 valence electrons. The summed E-state index contributed by atoms with van der Waals surface area (Å²) >= 11 is 12.1. The van der Waals surface area contributed by atoms with Crippen molar-refractivity contribution in [1.29, 1.82) is 0 Å². The van der Waals surface area contributed by atoms with Crippen LogP contribution in [-0.4, -0.2) is 33.9 Å². The summed E-state index contributed by atoms with van der Waals surface area (Å²) in [4.78, 5) is 4.21. The van der Waals surface area contributed by atoms with Crippen molar-refractivity contribution in [1.82, 2.24) is 25.0 Å². The summed E-state index contributed by atoms with van der Waals surface area (Å²) in [5.74, 6) is 0.754. The Kier molecular flexibility index (Phi) is 8.93. The largest absolute Gasteiger partial charge is 0.356 e. The molecular weight excluding hydrogens is 462 g/mol. The molecule has 2 aromatic rings. The second-order valence-corrected chi connectivity index (χ2v) is 6.08. The summed E-state index contributed by atoms with van der Waals surface area (Å²) in [6.45, 7) is 1.44. The smallest absolute Gasteiger partial charge is 0.191 e. The molecule has 2 N–H and O–H groups in total. The number of halogens is 3. The number of guanidine groups is 1. The Hall–Kier alpha value is -0.930. The van der Waals surface area contributed by atoms with Crippen LogP contribution in [0.4, 0.5) is 0 Å². The zero-order chi connectivity index (χ0) is 16.8. The van der Waals surface area contributed by atoms with Crippen molar-refractivity contribution in [2.24, 2.45) is 19.1 Å². The fraction of sp³-hybridized carbons (Fsp3) is 0.467. The van der Waals surface area contributed by atoms with Gasteiger partial charge in [-0.15, -0.1) is 24.0 Å². The lowest BCUT2D eigenvalue weighted by Gasteiger charge is -2.12. The van der Waals surface area contributed by atoms with Crippen molar-refractivity contribution in [3.8, 4) is 0 Å².